The van der Waals surface area contributed by atoms with Gasteiger partial charge in [-0.2, -0.15) is 5.10 Å². The van der Waals surface area contributed by atoms with Crippen LogP contribution in [0.1, 0.15) is 38.1 Å². The van der Waals surface area contributed by atoms with E-state index in [2.05, 4.69) is 5.10 Å². The van der Waals surface area contributed by atoms with Crippen LogP contribution in [0, 0.1) is 0 Å². The van der Waals surface area contributed by atoms with Crippen LogP contribution in [-0.4, -0.2) is 58.0 Å². The Hall–Kier alpha value is -1.89. The number of aryl methyl sites for hydroxylation is 1. The Labute approximate surface area is 130 Å². The molecule has 0 bridgehead atoms. The zero-order chi connectivity index (χ0) is 16.3. The van der Waals surface area contributed by atoms with Crippen molar-refractivity contribution >= 4 is 11.9 Å². The van der Waals surface area contributed by atoms with Gasteiger partial charge in [-0.05, 0) is 27.7 Å². The number of aromatic nitrogens is 2. The molecule has 1 aromatic heterocycles. The van der Waals surface area contributed by atoms with Crippen LogP contribution in [0.2, 0.25) is 0 Å². The molecule has 0 saturated carbocycles. The number of ketones is 1. The fourth-order valence-corrected chi connectivity index (χ4v) is 2.22. The summed E-state index contributed by atoms with van der Waals surface area (Å²) >= 11 is 0. The second-order valence-electron chi connectivity index (χ2n) is 6.21. The third-order valence-electron chi connectivity index (χ3n) is 3.30. The van der Waals surface area contributed by atoms with E-state index in [0.717, 1.165) is 0 Å². The van der Waals surface area contributed by atoms with Crippen LogP contribution >= 0.6 is 0 Å². The fraction of sp³-hybridized carbons (Fsp3) is 0.667. The molecule has 1 aliphatic heterocycles. The largest absolute Gasteiger partial charge is 0.444 e. The van der Waals surface area contributed by atoms with Crippen LogP contribution in [0.4, 0.5) is 4.79 Å². The van der Waals surface area contributed by atoms with Crippen molar-refractivity contribution in [3.05, 3.63) is 18.0 Å². The van der Waals surface area contributed by atoms with Crippen molar-refractivity contribution in [2.24, 2.45) is 0 Å². The quantitative estimate of drug-likeness (QED) is 0.795. The van der Waals surface area contributed by atoms with Gasteiger partial charge in [0.25, 0.3) is 0 Å². The Kier molecular flexibility index (Phi) is 4.85. The van der Waals surface area contributed by atoms with E-state index in [1.165, 1.54) is 11.1 Å². The van der Waals surface area contributed by atoms with E-state index in [1.807, 2.05) is 6.92 Å². The second kappa shape index (κ2) is 6.48. The van der Waals surface area contributed by atoms with Gasteiger partial charge in [0.15, 0.2) is 5.78 Å². The summed E-state index contributed by atoms with van der Waals surface area (Å²) in [5.74, 6) is -0.176. The van der Waals surface area contributed by atoms with Gasteiger partial charge in [-0.25, -0.2) is 4.79 Å². The highest BCUT2D eigenvalue weighted by molar-refractivity contribution is 6.01. The molecule has 7 nitrogen and oxygen atoms in total. The average Bonchev–Trinajstić information content (AvgIpc) is 2.93. The third kappa shape index (κ3) is 3.85. The first-order chi connectivity index (χ1) is 10.3. The highest BCUT2D eigenvalue weighted by atomic mass is 16.6. The van der Waals surface area contributed by atoms with Crippen molar-refractivity contribution < 1.29 is 19.1 Å². The van der Waals surface area contributed by atoms with Crippen LogP contribution in [0.3, 0.4) is 0 Å². The van der Waals surface area contributed by atoms with E-state index in [1.54, 1.807) is 31.6 Å². The molecule has 1 aromatic rings. The van der Waals surface area contributed by atoms with Crippen LogP contribution in [0.5, 0.6) is 0 Å². The molecule has 0 N–H and O–H groups in total. The zero-order valence-electron chi connectivity index (χ0n) is 13.5. The number of ether oxygens (including phenoxy) is 2. The van der Waals surface area contributed by atoms with Crippen molar-refractivity contribution in [2.75, 3.05) is 19.8 Å². The molecule has 0 radical (unpaired) electrons. The first-order valence-electron chi connectivity index (χ1n) is 7.46. The van der Waals surface area contributed by atoms with Gasteiger partial charge in [0.05, 0.1) is 25.0 Å². The van der Waals surface area contributed by atoms with Gasteiger partial charge in [-0.15, -0.1) is 0 Å². The molecule has 2 rings (SSSR count). The summed E-state index contributed by atoms with van der Waals surface area (Å²) in [7, 11) is 0. The summed E-state index contributed by atoms with van der Waals surface area (Å²) in [6, 6.07) is -0.668. The molecular formula is C15H23N3O4. The molecule has 2 heterocycles. The third-order valence-corrected chi connectivity index (χ3v) is 3.30. The molecule has 1 aliphatic rings. The lowest BCUT2D eigenvalue weighted by Crippen LogP contribution is -2.53. The summed E-state index contributed by atoms with van der Waals surface area (Å²) in [6.07, 6.45) is 2.72. The Morgan fingerprint density at radius 3 is 2.77 bits per heavy atom. The Bertz CT molecular complexity index is 547. The first kappa shape index (κ1) is 16.5. The topological polar surface area (TPSA) is 73.7 Å². The summed E-state index contributed by atoms with van der Waals surface area (Å²) in [6.45, 7) is 8.94. The minimum Gasteiger partial charge on any atom is -0.444 e. The average molecular weight is 309 g/mol. The smallest absolute Gasteiger partial charge is 0.411 e. The number of Topliss-reactive ketones (excluding diaryl/α,β-unsaturated/α-hetero) is 1. The Morgan fingerprint density at radius 1 is 1.45 bits per heavy atom. The first-order valence-corrected chi connectivity index (χ1v) is 7.46. The standard InChI is InChI=1S/C15H23N3O4/c1-5-17-9-11(8-16-17)13(19)12-10-21-7-6-18(12)14(20)22-15(2,3)4/h8-9,12H,5-7,10H2,1-4H3. The maximum atomic E-state index is 12.6. The molecule has 122 valence electrons. The molecule has 1 amide bonds. The van der Waals surface area contributed by atoms with Gasteiger partial charge in [-0.3, -0.25) is 14.4 Å². The maximum Gasteiger partial charge on any atom is 0.411 e. The molecule has 0 spiro atoms. The predicted octanol–water partition coefficient (Wildman–Crippen LogP) is 1.72. The molecule has 0 aliphatic carbocycles. The maximum absolute atomic E-state index is 12.6. The Morgan fingerprint density at radius 2 is 2.18 bits per heavy atom. The minimum absolute atomic E-state index is 0.176. The number of hydrogen-bond donors (Lipinski definition) is 0. The summed E-state index contributed by atoms with van der Waals surface area (Å²) in [5.41, 5.74) is -0.123. The van der Waals surface area contributed by atoms with E-state index in [-0.39, 0.29) is 12.4 Å². The SMILES string of the molecule is CCn1cc(C(=O)C2COCCN2C(=O)OC(C)(C)C)cn1. The van der Waals surface area contributed by atoms with Crippen LogP contribution < -0.4 is 0 Å². The van der Waals surface area contributed by atoms with Crippen molar-refractivity contribution in [1.82, 2.24) is 14.7 Å². The van der Waals surface area contributed by atoms with Gasteiger partial charge < -0.3 is 9.47 Å². The molecule has 0 aromatic carbocycles. The molecule has 1 atom stereocenters. The van der Waals surface area contributed by atoms with Crippen LogP contribution in [0.15, 0.2) is 12.4 Å². The highest BCUT2D eigenvalue weighted by Crippen LogP contribution is 2.17. The lowest BCUT2D eigenvalue weighted by atomic mass is 10.1. The summed E-state index contributed by atoms with van der Waals surface area (Å²) < 4.78 is 12.4. The summed E-state index contributed by atoms with van der Waals surface area (Å²) in [4.78, 5) is 26.4. The molecule has 1 saturated heterocycles. The van der Waals surface area contributed by atoms with Gasteiger partial charge in [0, 0.05) is 19.3 Å². The van der Waals surface area contributed by atoms with E-state index < -0.39 is 17.7 Å². The van der Waals surface area contributed by atoms with Crippen molar-refractivity contribution in [3.8, 4) is 0 Å². The monoisotopic (exact) mass is 309 g/mol. The van der Waals surface area contributed by atoms with Crippen molar-refractivity contribution in [3.63, 3.8) is 0 Å². The lowest BCUT2D eigenvalue weighted by molar-refractivity contribution is -0.0265. The molecule has 1 fully saturated rings. The number of amides is 1. The summed E-state index contributed by atoms with van der Waals surface area (Å²) in [5, 5.41) is 4.10. The predicted molar refractivity (Wildman–Crippen MR) is 79.8 cm³/mol. The highest BCUT2D eigenvalue weighted by Gasteiger charge is 2.36. The number of rotatable bonds is 3. The normalized spacial score (nSPS) is 19.1. The number of hydrogen-bond acceptors (Lipinski definition) is 5. The molecule has 7 heteroatoms. The Balaban J connectivity index is 2.15. The van der Waals surface area contributed by atoms with Gasteiger partial charge >= 0.3 is 6.09 Å². The van der Waals surface area contributed by atoms with Crippen molar-refractivity contribution in [2.45, 2.75) is 45.9 Å². The molecule has 22 heavy (non-hydrogen) atoms. The number of morpholine rings is 1. The lowest BCUT2D eigenvalue weighted by Gasteiger charge is -2.35. The number of carbonyl (C=O) groups excluding carboxylic acids is 2. The van der Waals surface area contributed by atoms with Gasteiger partial charge in [0.2, 0.25) is 0 Å². The van der Waals surface area contributed by atoms with E-state index in [0.29, 0.717) is 25.3 Å². The van der Waals surface area contributed by atoms with E-state index >= 15 is 0 Å². The fourth-order valence-electron chi connectivity index (χ4n) is 2.22. The van der Waals surface area contributed by atoms with Crippen LogP contribution in [-0.2, 0) is 16.0 Å². The zero-order valence-corrected chi connectivity index (χ0v) is 13.5. The second-order valence-corrected chi connectivity index (χ2v) is 6.21. The van der Waals surface area contributed by atoms with Crippen molar-refractivity contribution in [1.29, 1.82) is 0 Å². The van der Waals surface area contributed by atoms with E-state index in [4.69, 9.17) is 9.47 Å². The van der Waals surface area contributed by atoms with E-state index in [9.17, 15) is 9.59 Å². The molecular weight excluding hydrogens is 286 g/mol. The minimum atomic E-state index is -0.668. The van der Waals surface area contributed by atoms with Crippen LogP contribution in [0.25, 0.3) is 0 Å². The van der Waals surface area contributed by atoms with Gasteiger partial charge in [-0.1, -0.05) is 0 Å². The number of carbonyl (C=O) groups is 2. The molecule has 1 unspecified atom stereocenters. The van der Waals surface area contributed by atoms with Gasteiger partial charge in [0.1, 0.15) is 11.6 Å². The number of nitrogens with zero attached hydrogens (tertiary/aromatic N) is 3.